The number of pyridine rings is 1. The van der Waals surface area contributed by atoms with Crippen LogP contribution in [0.4, 0.5) is 10.5 Å². The van der Waals surface area contributed by atoms with Crippen molar-refractivity contribution in [2.45, 2.75) is 24.9 Å². The van der Waals surface area contributed by atoms with Crippen LogP contribution in [-0.4, -0.2) is 58.4 Å². The number of urea groups is 1. The summed E-state index contributed by atoms with van der Waals surface area (Å²) in [5.41, 5.74) is 1.80. The van der Waals surface area contributed by atoms with Gasteiger partial charge in [-0.2, -0.15) is 0 Å². The molecule has 3 aliphatic heterocycles. The first kappa shape index (κ1) is 19.1. The number of piperidine rings is 1. The number of nitrogens with one attached hydrogen (secondary N) is 2. The van der Waals surface area contributed by atoms with E-state index in [1.54, 1.807) is 6.20 Å². The molecule has 2 N–H and O–H groups in total. The van der Waals surface area contributed by atoms with Crippen LogP contribution in [0.5, 0.6) is 0 Å². The second kappa shape index (κ2) is 7.72. The van der Waals surface area contributed by atoms with Crippen molar-refractivity contribution in [3.8, 4) is 0 Å². The Balaban J connectivity index is 1.22. The Hall–Kier alpha value is -2.93. The first-order valence-corrected chi connectivity index (χ1v) is 10.7. The van der Waals surface area contributed by atoms with E-state index in [9.17, 15) is 9.59 Å². The lowest BCUT2D eigenvalue weighted by molar-refractivity contribution is -0.123. The normalized spacial score (nSPS) is 25.2. The van der Waals surface area contributed by atoms with Gasteiger partial charge in [-0.3, -0.25) is 14.7 Å². The fourth-order valence-electron chi connectivity index (χ4n) is 5.35. The topological polar surface area (TPSA) is 77.6 Å². The Labute approximate surface area is 176 Å². The van der Waals surface area contributed by atoms with Crippen LogP contribution < -0.4 is 10.6 Å². The Bertz CT molecular complexity index is 912. The maximum atomic E-state index is 12.7. The molecule has 0 aliphatic carbocycles. The highest BCUT2D eigenvalue weighted by Gasteiger charge is 2.57. The van der Waals surface area contributed by atoms with Gasteiger partial charge in [0.2, 0.25) is 5.91 Å². The molecule has 156 valence electrons. The molecular weight excluding hydrogens is 378 g/mol. The van der Waals surface area contributed by atoms with Crippen molar-refractivity contribution in [1.29, 1.82) is 0 Å². The van der Waals surface area contributed by atoms with Crippen molar-refractivity contribution < 1.29 is 9.59 Å². The molecule has 3 fully saturated rings. The number of amides is 3. The van der Waals surface area contributed by atoms with E-state index in [2.05, 4.69) is 26.6 Å². The zero-order chi connectivity index (χ0) is 20.6. The number of nitrogens with zero attached hydrogens (tertiary/aromatic N) is 3. The molecule has 1 aromatic heterocycles. The summed E-state index contributed by atoms with van der Waals surface area (Å²) in [4.78, 5) is 33.8. The second-order valence-electron chi connectivity index (χ2n) is 8.70. The monoisotopic (exact) mass is 405 g/mol. The standard InChI is InChI=1S/C23H27N5O2/c29-21-19-15-27(14-17-5-4-10-24-13-17)16-20(19)23(26-21)8-11-28(12-9-23)22(30)25-18-6-2-1-3-7-18/h1-7,10,13,19-20H,8-9,11-12,14-16H2,(H,25,30)(H,26,29)/t19-,20+/m0/s1. The van der Waals surface area contributed by atoms with E-state index in [0.717, 1.165) is 38.2 Å². The molecule has 5 rings (SSSR count). The Morgan fingerprint density at radius 2 is 1.93 bits per heavy atom. The lowest BCUT2D eigenvalue weighted by atomic mass is 9.75. The molecule has 3 aliphatic rings. The average Bonchev–Trinajstić information content (AvgIpc) is 3.29. The van der Waals surface area contributed by atoms with E-state index in [-0.39, 0.29) is 23.4 Å². The molecule has 4 heterocycles. The minimum atomic E-state index is -0.186. The number of benzene rings is 1. The fraction of sp³-hybridized carbons (Fsp3) is 0.435. The highest BCUT2D eigenvalue weighted by Crippen LogP contribution is 2.44. The first-order chi connectivity index (χ1) is 14.6. The van der Waals surface area contributed by atoms with Gasteiger partial charge in [-0.15, -0.1) is 0 Å². The van der Waals surface area contributed by atoms with Gasteiger partial charge in [-0.1, -0.05) is 24.3 Å². The van der Waals surface area contributed by atoms with E-state index in [1.165, 1.54) is 5.56 Å². The highest BCUT2D eigenvalue weighted by atomic mass is 16.2. The van der Waals surface area contributed by atoms with Gasteiger partial charge < -0.3 is 15.5 Å². The van der Waals surface area contributed by atoms with Crippen molar-refractivity contribution in [1.82, 2.24) is 20.1 Å². The minimum Gasteiger partial charge on any atom is -0.350 e. The number of fused-ring (bicyclic) bond motifs is 2. The molecule has 1 aromatic carbocycles. The van der Waals surface area contributed by atoms with Crippen LogP contribution in [0.2, 0.25) is 0 Å². The third-order valence-corrected chi connectivity index (χ3v) is 6.91. The summed E-state index contributed by atoms with van der Waals surface area (Å²) in [6.45, 7) is 3.85. The molecule has 7 heteroatoms. The zero-order valence-corrected chi connectivity index (χ0v) is 17.0. The van der Waals surface area contributed by atoms with E-state index < -0.39 is 0 Å². The third-order valence-electron chi connectivity index (χ3n) is 6.91. The molecule has 2 atom stereocenters. The van der Waals surface area contributed by atoms with E-state index in [0.29, 0.717) is 19.0 Å². The summed E-state index contributed by atoms with van der Waals surface area (Å²) in [6.07, 6.45) is 5.30. The number of anilines is 1. The molecule has 3 saturated heterocycles. The molecule has 30 heavy (non-hydrogen) atoms. The molecule has 0 radical (unpaired) electrons. The quantitative estimate of drug-likeness (QED) is 0.822. The molecule has 0 unspecified atom stereocenters. The summed E-state index contributed by atoms with van der Waals surface area (Å²) in [6, 6.07) is 13.5. The lowest BCUT2D eigenvalue weighted by Gasteiger charge is -2.42. The predicted octanol–water partition coefficient (Wildman–Crippen LogP) is 2.33. The third kappa shape index (κ3) is 3.54. The summed E-state index contributed by atoms with van der Waals surface area (Å²) in [5, 5.41) is 6.29. The molecule has 2 aromatic rings. The number of para-hydroxylation sites is 1. The summed E-state index contributed by atoms with van der Waals surface area (Å²) in [5.74, 6) is 0.531. The van der Waals surface area contributed by atoms with Gasteiger partial charge in [-0.25, -0.2) is 4.79 Å². The lowest BCUT2D eigenvalue weighted by Crippen LogP contribution is -2.56. The Kier molecular flexibility index (Phi) is 4.90. The van der Waals surface area contributed by atoms with Crippen LogP contribution in [0.1, 0.15) is 18.4 Å². The number of hydrogen-bond donors (Lipinski definition) is 2. The van der Waals surface area contributed by atoms with Gasteiger partial charge in [0.15, 0.2) is 0 Å². The molecule has 0 saturated carbocycles. The van der Waals surface area contributed by atoms with E-state index >= 15 is 0 Å². The smallest absolute Gasteiger partial charge is 0.321 e. The average molecular weight is 406 g/mol. The molecular formula is C23H27N5O2. The minimum absolute atomic E-state index is 0.0476. The number of hydrogen-bond acceptors (Lipinski definition) is 4. The number of carbonyl (C=O) groups is 2. The molecule has 0 bridgehead atoms. The SMILES string of the molecule is O=C1NC2(CCN(C(=O)Nc3ccccc3)CC2)[C@@H]2CN(Cc3cccnc3)C[C@H]12. The van der Waals surface area contributed by atoms with Crippen LogP contribution in [0.3, 0.4) is 0 Å². The van der Waals surface area contributed by atoms with Crippen molar-refractivity contribution in [3.05, 3.63) is 60.4 Å². The van der Waals surface area contributed by atoms with Gasteiger partial charge in [0.1, 0.15) is 0 Å². The number of rotatable bonds is 3. The molecule has 3 amide bonds. The number of aromatic nitrogens is 1. The number of carbonyl (C=O) groups excluding carboxylic acids is 2. The fourth-order valence-corrected chi connectivity index (χ4v) is 5.35. The van der Waals surface area contributed by atoms with Gasteiger partial charge in [-0.05, 0) is 36.6 Å². The zero-order valence-electron chi connectivity index (χ0n) is 17.0. The van der Waals surface area contributed by atoms with Crippen molar-refractivity contribution in [3.63, 3.8) is 0 Å². The maximum absolute atomic E-state index is 12.7. The predicted molar refractivity (Wildman–Crippen MR) is 114 cm³/mol. The van der Waals surface area contributed by atoms with Gasteiger partial charge in [0.25, 0.3) is 0 Å². The largest absolute Gasteiger partial charge is 0.350 e. The van der Waals surface area contributed by atoms with Crippen molar-refractivity contribution >= 4 is 17.6 Å². The van der Waals surface area contributed by atoms with Gasteiger partial charge in [0, 0.05) is 62.3 Å². The van der Waals surface area contributed by atoms with Crippen LogP contribution in [0.25, 0.3) is 0 Å². The Morgan fingerprint density at radius 1 is 1.13 bits per heavy atom. The van der Waals surface area contributed by atoms with E-state index in [4.69, 9.17) is 0 Å². The molecule has 1 spiro atoms. The van der Waals surface area contributed by atoms with Crippen LogP contribution in [0.15, 0.2) is 54.9 Å². The Morgan fingerprint density at radius 3 is 2.67 bits per heavy atom. The summed E-state index contributed by atoms with van der Waals surface area (Å²) < 4.78 is 0. The van der Waals surface area contributed by atoms with Gasteiger partial charge >= 0.3 is 6.03 Å². The molecule has 7 nitrogen and oxygen atoms in total. The second-order valence-corrected chi connectivity index (χ2v) is 8.70. The maximum Gasteiger partial charge on any atom is 0.321 e. The van der Waals surface area contributed by atoms with Gasteiger partial charge in [0.05, 0.1) is 5.92 Å². The highest BCUT2D eigenvalue weighted by molar-refractivity contribution is 5.89. The van der Waals surface area contributed by atoms with Crippen LogP contribution >= 0.6 is 0 Å². The van der Waals surface area contributed by atoms with Crippen LogP contribution in [0, 0.1) is 11.8 Å². The van der Waals surface area contributed by atoms with Crippen molar-refractivity contribution in [2.24, 2.45) is 11.8 Å². The number of likely N-dealkylation sites (tertiary alicyclic amines) is 2. The first-order valence-electron chi connectivity index (χ1n) is 10.7. The van der Waals surface area contributed by atoms with E-state index in [1.807, 2.05) is 47.5 Å². The van der Waals surface area contributed by atoms with Crippen LogP contribution in [-0.2, 0) is 11.3 Å². The van der Waals surface area contributed by atoms with Crippen molar-refractivity contribution in [2.75, 3.05) is 31.5 Å². The summed E-state index contributed by atoms with van der Waals surface area (Å²) >= 11 is 0. The summed E-state index contributed by atoms with van der Waals surface area (Å²) in [7, 11) is 0.